The third-order valence-corrected chi connectivity index (χ3v) is 3.54. The van der Waals surface area contributed by atoms with Gasteiger partial charge < -0.3 is 5.73 Å². The van der Waals surface area contributed by atoms with Crippen LogP contribution in [0.5, 0.6) is 0 Å². The normalized spacial score (nSPS) is 13.2. The van der Waals surface area contributed by atoms with E-state index >= 15 is 0 Å². The first-order valence-electron chi connectivity index (χ1n) is 8.22. The van der Waals surface area contributed by atoms with Gasteiger partial charge in [0.2, 0.25) is 5.91 Å². The number of hydrogen-bond acceptors (Lipinski definition) is 1. The average Bonchev–Trinajstić information content (AvgIpc) is 2.37. The largest absolute Gasteiger partial charge is 0.366 e. The number of allylic oxidation sites excluding steroid dienone is 7. The molecule has 0 aromatic heterocycles. The van der Waals surface area contributed by atoms with Crippen LogP contribution in [0.2, 0.25) is 0 Å². The van der Waals surface area contributed by atoms with Crippen LogP contribution in [0.4, 0.5) is 0 Å². The highest BCUT2D eigenvalue weighted by Crippen LogP contribution is 2.13. The van der Waals surface area contributed by atoms with E-state index in [1.165, 1.54) is 22.8 Å². The molecule has 0 bridgehead atoms. The van der Waals surface area contributed by atoms with Crippen molar-refractivity contribution in [3.63, 3.8) is 0 Å². The van der Waals surface area contributed by atoms with Gasteiger partial charge in [0.25, 0.3) is 0 Å². The first kappa shape index (κ1) is 20.4. The Morgan fingerprint density at radius 3 is 1.55 bits per heavy atom. The Labute approximate surface area is 136 Å². The van der Waals surface area contributed by atoms with Gasteiger partial charge in [-0.2, -0.15) is 0 Å². The van der Waals surface area contributed by atoms with E-state index in [2.05, 4.69) is 45.9 Å². The summed E-state index contributed by atoms with van der Waals surface area (Å²) in [5.74, 6) is -0.355. The van der Waals surface area contributed by atoms with Gasteiger partial charge in [0.1, 0.15) is 0 Å². The van der Waals surface area contributed by atoms with E-state index in [0.29, 0.717) is 0 Å². The summed E-state index contributed by atoms with van der Waals surface area (Å²) >= 11 is 0. The highest BCUT2D eigenvalue weighted by Gasteiger charge is 1.94. The number of primary amides is 1. The average molecular weight is 303 g/mol. The molecule has 0 saturated heterocycles. The molecule has 0 aromatic rings. The lowest BCUT2D eigenvalue weighted by atomic mass is 10.0. The van der Waals surface area contributed by atoms with Crippen LogP contribution in [0.15, 0.2) is 46.6 Å². The van der Waals surface area contributed by atoms with E-state index in [0.717, 1.165) is 44.1 Å². The SMILES string of the molecule is CC(C)=CCC/C(C)=C/CC/C(C)=C/CC/C(C)=C/C(N)=O. The Bertz CT molecular complexity index is 460. The first-order valence-corrected chi connectivity index (χ1v) is 8.22. The highest BCUT2D eigenvalue weighted by molar-refractivity contribution is 5.86. The lowest BCUT2D eigenvalue weighted by Crippen LogP contribution is -2.06. The van der Waals surface area contributed by atoms with Gasteiger partial charge in [-0.1, -0.05) is 40.5 Å². The predicted molar refractivity (Wildman–Crippen MR) is 97.6 cm³/mol. The van der Waals surface area contributed by atoms with Crippen molar-refractivity contribution in [1.82, 2.24) is 0 Å². The van der Waals surface area contributed by atoms with Crippen LogP contribution in [0.1, 0.15) is 73.1 Å². The smallest absolute Gasteiger partial charge is 0.241 e. The molecular weight excluding hydrogens is 270 g/mol. The molecule has 0 atom stereocenters. The van der Waals surface area contributed by atoms with Crippen molar-refractivity contribution in [1.29, 1.82) is 0 Å². The minimum Gasteiger partial charge on any atom is -0.366 e. The molecule has 0 fully saturated rings. The summed E-state index contributed by atoms with van der Waals surface area (Å²) in [5.41, 5.74) is 10.5. The van der Waals surface area contributed by atoms with Crippen LogP contribution in [0, 0.1) is 0 Å². The molecule has 0 saturated carbocycles. The summed E-state index contributed by atoms with van der Waals surface area (Å²) in [6.45, 7) is 10.6. The maximum atomic E-state index is 10.7. The zero-order valence-corrected chi connectivity index (χ0v) is 15.0. The number of carbonyl (C=O) groups is 1. The molecule has 0 radical (unpaired) electrons. The zero-order chi connectivity index (χ0) is 17.0. The van der Waals surface area contributed by atoms with Gasteiger partial charge in [-0.25, -0.2) is 0 Å². The monoisotopic (exact) mass is 303 g/mol. The third kappa shape index (κ3) is 13.4. The fraction of sp³-hybridized carbons (Fsp3) is 0.550. The molecule has 2 nitrogen and oxygen atoms in total. The lowest BCUT2D eigenvalue weighted by Gasteiger charge is -2.02. The number of carbonyl (C=O) groups excluding carboxylic acids is 1. The molecule has 0 aliphatic rings. The van der Waals surface area contributed by atoms with Crippen LogP contribution < -0.4 is 5.73 Å². The highest BCUT2D eigenvalue weighted by atomic mass is 16.1. The van der Waals surface area contributed by atoms with Gasteiger partial charge in [0.05, 0.1) is 0 Å². The summed E-state index contributed by atoms with van der Waals surface area (Å²) < 4.78 is 0. The van der Waals surface area contributed by atoms with Gasteiger partial charge in [-0.3, -0.25) is 4.79 Å². The van der Waals surface area contributed by atoms with Crippen LogP contribution in [-0.2, 0) is 4.79 Å². The molecule has 2 heteroatoms. The van der Waals surface area contributed by atoms with Crippen molar-refractivity contribution >= 4 is 5.91 Å². The van der Waals surface area contributed by atoms with E-state index < -0.39 is 0 Å². The van der Waals surface area contributed by atoms with Crippen molar-refractivity contribution in [3.05, 3.63) is 46.6 Å². The lowest BCUT2D eigenvalue weighted by molar-refractivity contribution is -0.113. The van der Waals surface area contributed by atoms with Gasteiger partial charge in [-0.15, -0.1) is 0 Å². The summed E-state index contributed by atoms with van der Waals surface area (Å²) in [5, 5.41) is 0. The maximum Gasteiger partial charge on any atom is 0.241 e. The Balaban J connectivity index is 4.01. The maximum absolute atomic E-state index is 10.7. The molecule has 0 rings (SSSR count). The molecule has 0 spiro atoms. The van der Waals surface area contributed by atoms with Gasteiger partial charge in [0.15, 0.2) is 0 Å². The molecule has 0 aromatic carbocycles. The number of amides is 1. The molecule has 22 heavy (non-hydrogen) atoms. The topological polar surface area (TPSA) is 43.1 Å². The quantitative estimate of drug-likeness (QED) is 0.413. The van der Waals surface area contributed by atoms with Crippen molar-refractivity contribution in [2.24, 2.45) is 5.73 Å². The third-order valence-electron chi connectivity index (χ3n) is 3.54. The van der Waals surface area contributed by atoms with Crippen molar-refractivity contribution in [2.45, 2.75) is 73.1 Å². The molecule has 0 unspecified atom stereocenters. The van der Waals surface area contributed by atoms with Crippen LogP contribution >= 0.6 is 0 Å². The number of hydrogen-bond donors (Lipinski definition) is 1. The molecule has 0 aliphatic carbocycles. The number of nitrogens with two attached hydrogens (primary N) is 1. The molecular formula is C20H33NO. The standard InChI is InChI=1S/C20H33NO/c1-16(2)9-6-10-17(3)11-7-12-18(4)13-8-14-19(5)15-20(21)22/h9,11,13,15H,6-8,10,12,14H2,1-5H3,(H2,21,22)/b17-11+,18-13+,19-15+. The van der Waals surface area contributed by atoms with Crippen molar-refractivity contribution in [3.8, 4) is 0 Å². The second-order valence-corrected chi connectivity index (χ2v) is 6.39. The predicted octanol–water partition coefficient (Wildman–Crippen LogP) is 5.62. The second-order valence-electron chi connectivity index (χ2n) is 6.39. The summed E-state index contributed by atoms with van der Waals surface area (Å²) in [6, 6.07) is 0. The van der Waals surface area contributed by atoms with E-state index in [1.54, 1.807) is 0 Å². The van der Waals surface area contributed by atoms with E-state index in [1.807, 2.05) is 6.92 Å². The Kier molecular flexibility index (Phi) is 11.2. The van der Waals surface area contributed by atoms with Crippen LogP contribution in [-0.4, -0.2) is 5.91 Å². The first-order chi connectivity index (χ1) is 10.3. The molecule has 0 heterocycles. The van der Waals surface area contributed by atoms with E-state index in [4.69, 9.17) is 5.73 Å². The molecule has 1 amide bonds. The summed E-state index contributed by atoms with van der Waals surface area (Å²) in [4.78, 5) is 10.7. The van der Waals surface area contributed by atoms with Crippen molar-refractivity contribution < 1.29 is 4.79 Å². The van der Waals surface area contributed by atoms with Crippen LogP contribution in [0.25, 0.3) is 0 Å². The minimum atomic E-state index is -0.355. The zero-order valence-electron chi connectivity index (χ0n) is 15.0. The fourth-order valence-electron chi connectivity index (χ4n) is 2.20. The van der Waals surface area contributed by atoms with Gasteiger partial charge in [0, 0.05) is 6.08 Å². The second kappa shape index (κ2) is 12.0. The van der Waals surface area contributed by atoms with Gasteiger partial charge in [-0.05, 0) is 73.1 Å². The van der Waals surface area contributed by atoms with Crippen LogP contribution in [0.3, 0.4) is 0 Å². The van der Waals surface area contributed by atoms with E-state index in [-0.39, 0.29) is 5.91 Å². The van der Waals surface area contributed by atoms with Crippen molar-refractivity contribution in [2.75, 3.05) is 0 Å². The summed E-state index contributed by atoms with van der Waals surface area (Å²) in [7, 11) is 0. The number of rotatable bonds is 10. The fourth-order valence-corrected chi connectivity index (χ4v) is 2.20. The molecule has 0 aliphatic heterocycles. The molecule has 124 valence electrons. The Hall–Kier alpha value is -1.57. The minimum absolute atomic E-state index is 0.355. The van der Waals surface area contributed by atoms with E-state index in [9.17, 15) is 4.79 Å². The Morgan fingerprint density at radius 2 is 1.14 bits per heavy atom. The Morgan fingerprint density at radius 1 is 0.727 bits per heavy atom. The molecule has 2 N–H and O–H groups in total. The summed E-state index contributed by atoms with van der Waals surface area (Å²) in [6.07, 6.45) is 14.8. The van der Waals surface area contributed by atoms with Gasteiger partial charge >= 0.3 is 0 Å².